The summed E-state index contributed by atoms with van der Waals surface area (Å²) in [7, 11) is 3.88. The number of amides is 3. The van der Waals surface area contributed by atoms with Crippen LogP contribution in [0.3, 0.4) is 0 Å². The molecule has 1 aromatic heterocycles. The van der Waals surface area contributed by atoms with Crippen molar-refractivity contribution in [3.8, 4) is 11.5 Å². The number of nitrogens with one attached hydrogen (secondary N) is 2. The summed E-state index contributed by atoms with van der Waals surface area (Å²) in [6, 6.07) is 7.23. The number of anilines is 5. The number of urea groups is 1. The molecule has 0 bridgehead atoms. The fourth-order valence-electron chi connectivity index (χ4n) is 3.66. The van der Waals surface area contributed by atoms with E-state index in [0.29, 0.717) is 16.9 Å². The van der Waals surface area contributed by atoms with Gasteiger partial charge in [0, 0.05) is 24.9 Å². The van der Waals surface area contributed by atoms with Crippen molar-refractivity contribution in [3.63, 3.8) is 0 Å². The lowest BCUT2D eigenvalue weighted by Crippen LogP contribution is -2.46. The number of carbonyl (C=O) groups excluding carboxylic acids is 2. The Morgan fingerprint density at radius 2 is 1.76 bits per heavy atom. The molecule has 10 nitrogen and oxygen atoms in total. The number of hydrogen-bond acceptors (Lipinski definition) is 7. The van der Waals surface area contributed by atoms with Gasteiger partial charge < -0.3 is 20.1 Å². The van der Waals surface area contributed by atoms with Crippen molar-refractivity contribution >= 4 is 40.8 Å². The van der Waals surface area contributed by atoms with Crippen LogP contribution >= 0.6 is 0 Å². The number of benzene rings is 2. The van der Waals surface area contributed by atoms with Crippen LogP contribution in [0, 0.1) is 11.6 Å². The van der Waals surface area contributed by atoms with E-state index in [-0.39, 0.29) is 37.2 Å². The van der Waals surface area contributed by atoms with E-state index in [2.05, 4.69) is 27.2 Å². The van der Waals surface area contributed by atoms with Crippen LogP contribution in [0.5, 0.6) is 11.5 Å². The second kappa shape index (κ2) is 10.9. The molecule has 12 heteroatoms. The van der Waals surface area contributed by atoms with Crippen molar-refractivity contribution < 1.29 is 27.8 Å². The first-order valence-corrected chi connectivity index (χ1v) is 10.6. The van der Waals surface area contributed by atoms with E-state index in [4.69, 9.17) is 9.47 Å². The Kier molecular flexibility index (Phi) is 7.91. The van der Waals surface area contributed by atoms with Crippen molar-refractivity contribution in [1.29, 1.82) is 0 Å². The molecular weight excluding hydrogens is 486 g/mol. The predicted molar refractivity (Wildman–Crippen MR) is 137 cm³/mol. The van der Waals surface area contributed by atoms with Gasteiger partial charge >= 0.3 is 6.03 Å². The van der Waals surface area contributed by atoms with Gasteiger partial charge in [-0.05, 0) is 18.2 Å². The molecule has 0 radical (unpaired) electrons. The molecule has 194 valence electrons. The Hall–Kier alpha value is -4.74. The third kappa shape index (κ3) is 4.99. The maximum atomic E-state index is 15.1. The standard InChI is InChI=1S/C24H22F2N6O4.CH4/c1-5-18(33)28-14-8-6-7-9-15(14)29-23-27-11-13-12-32(24(34)31(2)22(13)30-23)21-19(25)16(35-3)10-17(36-4)20(21)26;/h5-11H,1,12H2,2-4H3,(H,28,33)(H,27,29,30);1H4. The molecule has 1 aliphatic heterocycles. The Morgan fingerprint density at radius 3 is 2.35 bits per heavy atom. The number of methoxy groups -OCH3 is 2. The highest BCUT2D eigenvalue weighted by molar-refractivity contribution is 6.05. The summed E-state index contributed by atoms with van der Waals surface area (Å²) in [5, 5.41) is 5.68. The highest BCUT2D eigenvalue weighted by Gasteiger charge is 2.36. The molecule has 4 rings (SSSR count). The third-order valence-electron chi connectivity index (χ3n) is 5.44. The summed E-state index contributed by atoms with van der Waals surface area (Å²) in [6.07, 6.45) is 2.58. The predicted octanol–water partition coefficient (Wildman–Crippen LogP) is 4.85. The van der Waals surface area contributed by atoms with E-state index in [9.17, 15) is 9.59 Å². The Labute approximate surface area is 212 Å². The number of carbonyl (C=O) groups is 2. The molecular formula is C25H26F2N6O4. The highest BCUT2D eigenvalue weighted by atomic mass is 19.1. The minimum atomic E-state index is -1.04. The molecule has 3 amide bonds. The van der Waals surface area contributed by atoms with Gasteiger partial charge in [0.1, 0.15) is 11.5 Å². The second-order valence-electron chi connectivity index (χ2n) is 7.59. The lowest BCUT2D eigenvalue weighted by Gasteiger charge is -2.34. The van der Waals surface area contributed by atoms with Crippen LogP contribution in [0.2, 0.25) is 0 Å². The molecule has 2 aromatic carbocycles. The topological polar surface area (TPSA) is 109 Å². The lowest BCUT2D eigenvalue weighted by molar-refractivity contribution is -0.111. The zero-order valence-corrected chi connectivity index (χ0v) is 19.6. The molecule has 2 N–H and O–H groups in total. The maximum Gasteiger partial charge on any atom is 0.330 e. The number of para-hydroxylation sites is 2. The van der Waals surface area contributed by atoms with Crippen LogP contribution in [-0.2, 0) is 11.3 Å². The summed E-state index contributed by atoms with van der Waals surface area (Å²) in [6.45, 7) is 3.23. The van der Waals surface area contributed by atoms with E-state index in [1.807, 2.05) is 0 Å². The first-order valence-electron chi connectivity index (χ1n) is 10.6. The zero-order valence-electron chi connectivity index (χ0n) is 19.6. The van der Waals surface area contributed by atoms with Gasteiger partial charge in [0.05, 0.1) is 32.1 Å². The van der Waals surface area contributed by atoms with Crippen LogP contribution in [0.25, 0.3) is 0 Å². The van der Waals surface area contributed by atoms with Gasteiger partial charge in [-0.15, -0.1) is 0 Å². The molecule has 37 heavy (non-hydrogen) atoms. The van der Waals surface area contributed by atoms with Gasteiger partial charge in [-0.25, -0.2) is 18.6 Å². The quantitative estimate of drug-likeness (QED) is 0.436. The number of halogens is 2. The van der Waals surface area contributed by atoms with E-state index in [0.717, 1.165) is 21.9 Å². The Bertz CT molecular complexity index is 1340. The summed E-state index contributed by atoms with van der Waals surface area (Å²) in [4.78, 5) is 35.7. The van der Waals surface area contributed by atoms with Crippen molar-refractivity contribution in [2.75, 3.05) is 41.7 Å². The van der Waals surface area contributed by atoms with Gasteiger partial charge in [-0.3, -0.25) is 14.6 Å². The average Bonchev–Trinajstić information content (AvgIpc) is 2.88. The maximum absolute atomic E-state index is 15.1. The lowest BCUT2D eigenvalue weighted by atomic mass is 10.1. The van der Waals surface area contributed by atoms with E-state index >= 15 is 8.78 Å². The van der Waals surface area contributed by atoms with Crippen LogP contribution in [0.1, 0.15) is 13.0 Å². The van der Waals surface area contributed by atoms with Gasteiger partial charge in [-0.2, -0.15) is 4.98 Å². The number of rotatable bonds is 7. The highest BCUT2D eigenvalue weighted by Crippen LogP contribution is 2.40. The molecule has 0 saturated carbocycles. The third-order valence-corrected chi connectivity index (χ3v) is 5.44. The Balaban J connectivity index is 0.00000380. The van der Waals surface area contributed by atoms with Gasteiger partial charge in [-0.1, -0.05) is 26.1 Å². The van der Waals surface area contributed by atoms with Crippen LogP contribution in [0.4, 0.5) is 42.4 Å². The van der Waals surface area contributed by atoms with Crippen LogP contribution < -0.4 is 29.9 Å². The van der Waals surface area contributed by atoms with Crippen molar-refractivity contribution in [2.24, 2.45) is 0 Å². The summed E-state index contributed by atoms with van der Waals surface area (Å²) in [5.74, 6) is -2.64. The van der Waals surface area contributed by atoms with Crippen molar-refractivity contribution in [1.82, 2.24) is 9.97 Å². The van der Waals surface area contributed by atoms with Crippen molar-refractivity contribution in [2.45, 2.75) is 14.0 Å². The smallest absolute Gasteiger partial charge is 0.330 e. The van der Waals surface area contributed by atoms with Crippen molar-refractivity contribution in [3.05, 3.63) is 66.4 Å². The molecule has 0 atom stereocenters. The first kappa shape index (κ1) is 26.9. The van der Waals surface area contributed by atoms with Gasteiger partial charge in [0.25, 0.3) is 0 Å². The van der Waals surface area contributed by atoms with Gasteiger partial charge in [0.2, 0.25) is 11.9 Å². The number of hydrogen-bond donors (Lipinski definition) is 2. The largest absolute Gasteiger partial charge is 0.493 e. The Morgan fingerprint density at radius 1 is 1.14 bits per heavy atom. The van der Waals surface area contributed by atoms with Crippen LogP contribution in [-0.4, -0.2) is 43.2 Å². The molecule has 0 fully saturated rings. The molecule has 3 aromatic rings. The number of nitrogens with zero attached hydrogens (tertiary/aromatic N) is 4. The number of aromatic nitrogens is 2. The summed E-state index contributed by atoms with van der Waals surface area (Å²) < 4.78 is 40.1. The minimum Gasteiger partial charge on any atom is -0.493 e. The molecule has 2 heterocycles. The number of fused-ring (bicyclic) bond motifs is 1. The summed E-state index contributed by atoms with van der Waals surface area (Å²) >= 11 is 0. The van der Waals surface area contributed by atoms with E-state index < -0.39 is 29.3 Å². The zero-order chi connectivity index (χ0) is 26.0. The fraction of sp³-hybridized carbons (Fsp3) is 0.200. The normalized spacial score (nSPS) is 12.3. The minimum absolute atomic E-state index is 0. The molecule has 0 aliphatic carbocycles. The SMILES string of the molecule is C.C=CC(=O)Nc1ccccc1Nc1ncc2c(n1)N(C)C(=O)N(c1c(F)c(OC)cc(OC)c1F)C2. The monoisotopic (exact) mass is 512 g/mol. The molecule has 1 aliphatic rings. The molecule has 0 saturated heterocycles. The van der Waals surface area contributed by atoms with Crippen LogP contribution in [0.15, 0.2) is 49.2 Å². The molecule has 0 unspecified atom stereocenters. The fourth-order valence-corrected chi connectivity index (χ4v) is 3.66. The average molecular weight is 513 g/mol. The van der Waals surface area contributed by atoms with E-state index in [1.165, 1.54) is 27.5 Å². The second-order valence-corrected chi connectivity index (χ2v) is 7.59. The molecule has 0 spiro atoms. The summed E-state index contributed by atoms with van der Waals surface area (Å²) in [5.41, 5.74) is 0.809. The first-order chi connectivity index (χ1) is 17.3. The van der Waals surface area contributed by atoms with E-state index in [1.54, 1.807) is 24.3 Å². The van der Waals surface area contributed by atoms with Gasteiger partial charge in [0.15, 0.2) is 23.1 Å². The number of ether oxygens (including phenoxy) is 2.